The van der Waals surface area contributed by atoms with Gasteiger partial charge in [-0.05, 0) is 28.1 Å². The van der Waals surface area contributed by atoms with E-state index in [0.717, 1.165) is 21.6 Å². The van der Waals surface area contributed by atoms with Crippen LogP contribution >= 0.6 is 27.5 Å². The molecule has 112 valence electrons. The lowest BCUT2D eigenvalue weighted by molar-refractivity contribution is 0.515. The molecule has 0 bridgehead atoms. The van der Waals surface area contributed by atoms with Crippen LogP contribution in [0.3, 0.4) is 0 Å². The van der Waals surface area contributed by atoms with Crippen molar-refractivity contribution < 1.29 is 0 Å². The van der Waals surface area contributed by atoms with Crippen molar-refractivity contribution in [3.8, 4) is 11.3 Å². The molecular formula is C16H19BrClN3. The van der Waals surface area contributed by atoms with E-state index in [-0.39, 0.29) is 5.41 Å². The topological polar surface area (TPSA) is 43.8 Å². The monoisotopic (exact) mass is 367 g/mol. The summed E-state index contributed by atoms with van der Waals surface area (Å²) in [4.78, 5) is 4.76. The minimum Gasteiger partial charge on any atom is -0.383 e. The van der Waals surface area contributed by atoms with Crippen LogP contribution in [0.2, 0.25) is 5.02 Å². The largest absolute Gasteiger partial charge is 0.383 e. The summed E-state index contributed by atoms with van der Waals surface area (Å²) in [6.45, 7) is 10.8. The number of nitrogens with zero attached hydrogens (tertiary/aromatic N) is 2. The van der Waals surface area contributed by atoms with Crippen molar-refractivity contribution in [3.05, 3.63) is 46.2 Å². The third-order valence-electron chi connectivity index (χ3n) is 3.18. The summed E-state index contributed by atoms with van der Waals surface area (Å²) >= 11 is 9.57. The molecule has 0 aliphatic rings. The number of imidazole rings is 1. The van der Waals surface area contributed by atoms with Gasteiger partial charge in [0.25, 0.3) is 0 Å². The second-order valence-electron chi connectivity index (χ2n) is 5.95. The van der Waals surface area contributed by atoms with Crippen molar-refractivity contribution in [2.45, 2.75) is 32.7 Å². The number of nitrogens with two attached hydrogens (primary N) is 1. The van der Waals surface area contributed by atoms with E-state index in [1.807, 2.05) is 28.8 Å². The molecule has 1 aromatic heterocycles. The van der Waals surface area contributed by atoms with Crippen molar-refractivity contribution in [1.82, 2.24) is 9.55 Å². The molecule has 0 saturated carbocycles. The van der Waals surface area contributed by atoms with Gasteiger partial charge in [-0.1, -0.05) is 44.5 Å². The molecule has 2 N–H and O–H groups in total. The lowest BCUT2D eigenvalue weighted by atomic mass is 9.95. The maximum atomic E-state index is 6.30. The van der Waals surface area contributed by atoms with Crippen LogP contribution < -0.4 is 5.73 Å². The highest BCUT2D eigenvalue weighted by atomic mass is 79.9. The van der Waals surface area contributed by atoms with Crippen LogP contribution in [0.15, 0.2) is 35.3 Å². The first-order chi connectivity index (χ1) is 9.75. The molecule has 0 amide bonds. The summed E-state index contributed by atoms with van der Waals surface area (Å²) in [7, 11) is 0. The Bertz CT molecular complexity index is 684. The molecule has 0 unspecified atom stereocenters. The van der Waals surface area contributed by atoms with Crippen molar-refractivity contribution in [2.75, 3.05) is 5.73 Å². The summed E-state index contributed by atoms with van der Waals surface area (Å²) in [6.07, 6.45) is 1.83. The number of aromatic nitrogens is 2. The van der Waals surface area contributed by atoms with E-state index in [1.54, 1.807) is 0 Å². The molecule has 0 saturated heterocycles. The second kappa shape index (κ2) is 5.85. The fourth-order valence-corrected chi connectivity index (χ4v) is 2.63. The van der Waals surface area contributed by atoms with Crippen molar-refractivity contribution >= 4 is 33.3 Å². The first-order valence-corrected chi connectivity index (χ1v) is 7.85. The Morgan fingerprint density at radius 1 is 1.43 bits per heavy atom. The minimum absolute atomic E-state index is 0.103. The average molecular weight is 369 g/mol. The number of allylic oxidation sites excluding steroid dienone is 1. The number of benzene rings is 1. The number of hydrogen-bond acceptors (Lipinski definition) is 2. The highest BCUT2D eigenvalue weighted by molar-refractivity contribution is 9.10. The molecule has 5 heteroatoms. The lowest BCUT2D eigenvalue weighted by Crippen LogP contribution is -2.19. The van der Waals surface area contributed by atoms with Crippen LogP contribution in [0.4, 0.5) is 5.82 Å². The first-order valence-electron chi connectivity index (χ1n) is 6.68. The average Bonchev–Trinajstić information content (AvgIpc) is 2.71. The zero-order chi connectivity index (χ0) is 15.8. The van der Waals surface area contributed by atoms with Crippen LogP contribution in [0.1, 0.15) is 26.6 Å². The van der Waals surface area contributed by atoms with Gasteiger partial charge in [0, 0.05) is 22.0 Å². The van der Waals surface area contributed by atoms with Gasteiger partial charge in [-0.3, -0.25) is 0 Å². The summed E-state index contributed by atoms with van der Waals surface area (Å²) in [5.41, 5.74) is 7.87. The Morgan fingerprint density at radius 2 is 2.10 bits per heavy atom. The molecule has 2 rings (SSSR count). The van der Waals surface area contributed by atoms with Gasteiger partial charge in [0.05, 0.1) is 5.02 Å². The standard InChI is InChI=1S/C16H19BrClN3/c1-5-8-21-14(19)13(20-15(21)16(2,3)4)10-6-7-11(17)12(18)9-10/h5-7,9H,1,8,19H2,2-4H3. The van der Waals surface area contributed by atoms with Crippen LogP contribution in [0.5, 0.6) is 0 Å². The molecule has 1 heterocycles. The maximum Gasteiger partial charge on any atom is 0.132 e. The van der Waals surface area contributed by atoms with Gasteiger partial charge < -0.3 is 10.3 Å². The Kier molecular flexibility index (Phi) is 4.49. The normalized spacial score (nSPS) is 11.7. The van der Waals surface area contributed by atoms with E-state index in [0.29, 0.717) is 17.4 Å². The Hall–Kier alpha value is -1.26. The van der Waals surface area contributed by atoms with Gasteiger partial charge >= 0.3 is 0 Å². The van der Waals surface area contributed by atoms with Crippen LogP contribution in [-0.2, 0) is 12.0 Å². The zero-order valence-electron chi connectivity index (χ0n) is 12.5. The van der Waals surface area contributed by atoms with Gasteiger partial charge in [-0.25, -0.2) is 4.98 Å². The molecule has 1 aromatic carbocycles. The summed E-state index contributed by atoms with van der Waals surface area (Å²) in [5.74, 6) is 1.58. The van der Waals surface area contributed by atoms with Gasteiger partial charge in [0.2, 0.25) is 0 Å². The zero-order valence-corrected chi connectivity index (χ0v) is 14.8. The fourth-order valence-electron chi connectivity index (χ4n) is 2.21. The van der Waals surface area contributed by atoms with E-state index in [1.165, 1.54) is 0 Å². The SMILES string of the molecule is C=CCn1c(C(C)(C)C)nc(-c2ccc(Br)c(Cl)c2)c1N. The Balaban J connectivity index is 2.64. The molecule has 2 aromatic rings. The lowest BCUT2D eigenvalue weighted by Gasteiger charge is -2.19. The predicted octanol–water partition coefficient (Wildman–Crippen LogP) is 5.03. The molecule has 0 radical (unpaired) electrons. The Morgan fingerprint density at radius 3 is 2.62 bits per heavy atom. The van der Waals surface area contributed by atoms with Crippen LogP contribution in [0, 0.1) is 0 Å². The molecule has 21 heavy (non-hydrogen) atoms. The number of hydrogen-bond donors (Lipinski definition) is 1. The van der Waals surface area contributed by atoms with Crippen LogP contribution in [0.25, 0.3) is 11.3 Å². The molecule has 0 aliphatic heterocycles. The fraction of sp³-hybridized carbons (Fsp3) is 0.312. The summed E-state index contributed by atoms with van der Waals surface area (Å²) < 4.78 is 2.85. The van der Waals surface area contributed by atoms with Gasteiger partial charge in [0.1, 0.15) is 17.3 Å². The van der Waals surface area contributed by atoms with E-state index in [2.05, 4.69) is 43.3 Å². The summed E-state index contributed by atoms with van der Waals surface area (Å²) in [5, 5.41) is 0.641. The van der Waals surface area contributed by atoms with Crippen LogP contribution in [-0.4, -0.2) is 9.55 Å². The predicted molar refractivity (Wildman–Crippen MR) is 93.7 cm³/mol. The highest BCUT2D eigenvalue weighted by Gasteiger charge is 2.25. The number of rotatable bonds is 3. The van der Waals surface area contributed by atoms with Gasteiger partial charge in [0.15, 0.2) is 0 Å². The molecule has 0 fully saturated rings. The molecule has 0 spiro atoms. The molecular weight excluding hydrogens is 350 g/mol. The maximum absolute atomic E-state index is 6.30. The second-order valence-corrected chi connectivity index (χ2v) is 7.21. The molecule has 0 atom stereocenters. The van der Waals surface area contributed by atoms with Gasteiger partial charge in [-0.15, -0.1) is 6.58 Å². The number of anilines is 1. The minimum atomic E-state index is -0.103. The molecule has 0 aliphatic carbocycles. The van der Waals surface area contributed by atoms with E-state index < -0.39 is 0 Å². The number of halogens is 2. The van der Waals surface area contributed by atoms with E-state index in [9.17, 15) is 0 Å². The molecule has 3 nitrogen and oxygen atoms in total. The highest BCUT2D eigenvalue weighted by Crippen LogP contribution is 2.34. The van der Waals surface area contributed by atoms with E-state index in [4.69, 9.17) is 22.3 Å². The van der Waals surface area contributed by atoms with Crippen molar-refractivity contribution in [1.29, 1.82) is 0 Å². The van der Waals surface area contributed by atoms with Crippen molar-refractivity contribution in [3.63, 3.8) is 0 Å². The van der Waals surface area contributed by atoms with E-state index >= 15 is 0 Å². The summed E-state index contributed by atoms with van der Waals surface area (Å²) in [6, 6.07) is 5.73. The Labute approximate surface area is 139 Å². The smallest absolute Gasteiger partial charge is 0.132 e. The quantitative estimate of drug-likeness (QED) is 0.772. The number of nitrogen functional groups attached to an aromatic ring is 1. The third-order valence-corrected chi connectivity index (χ3v) is 4.41. The third kappa shape index (κ3) is 3.16. The van der Waals surface area contributed by atoms with Crippen molar-refractivity contribution in [2.24, 2.45) is 0 Å². The van der Waals surface area contributed by atoms with Gasteiger partial charge in [-0.2, -0.15) is 0 Å². The first kappa shape index (κ1) is 16.1.